The number of nitrogens with one attached hydrogen (secondary N) is 2. The van der Waals surface area contributed by atoms with Crippen molar-refractivity contribution in [3.05, 3.63) is 54.6 Å². The Balaban J connectivity index is 1.57. The molecule has 1 atom stereocenters. The summed E-state index contributed by atoms with van der Waals surface area (Å²) >= 11 is 1.62. The molecule has 26 heavy (non-hydrogen) atoms. The maximum absolute atomic E-state index is 12.4. The van der Waals surface area contributed by atoms with Gasteiger partial charge in [-0.2, -0.15) is 0 Å². The van der Waals surface area contributed by atoms with Gasteiger partial charge in [0.2, 0.25) is 5.91 Å². The molecule has 6 nitrogen and oxygen atoms in total. The van der Waals surface area contributed by atoms with Crippen LogP contribution in [0.25, 0.3) is 0 Å². The zero-order chi connectivity index (χ0) is 18.4. The van der Waals surface area contributed by atoms with E-state index in [0.717, 1.165) is 28.4 Å². The second-order valence-corrected chi connectivity index (χ2v) is 7.30. The number of nitrogens with zero attached hydrogens (tertiary/aromatic N) is 1. The lowest BCUT2D eigenvalue weighted by atomic mass is 10.3. The van der Waals surface area contributed by atoms with Crippen LogP contribution in [-0.2, 0) is 4.79 Å². The Labute approximate surface area is 157 Å². The van der Waals surface area contributed by atoms with Crippen molar-refractivity contribution in [1.82, 2.24) is 10.2 Å². The Morgan fingerprint density at radius 1 is 1.12 bits per heavy atom. The van der Waals surface area contributed by atoms with E-state index in [0.29, 0.717) is 13.1 Å². The van der Waals surface area contributed by atoms with Crippen molar-refractivity contribution in [1.29, 1.82) is 0 Å². The average molecular weight is 370 g/mol. The molecule has 0 radical (unpaired) electrons. The number of primary amides is 1. The van der Waals surface area contributed by atoms with E-state index >= 15 is 0 Å². The summed E-state index contributed by atoms with van der Waals surface area (Å²) in [6.45, 7) is 1.69. The van der Waals surface area contributed by atoms with Crippen molar-refractivity contribution < 1.29 is 9.59 Å². The van der Waals surface area contributed by atoms with Crippen molar-refractivity contribution in [2.24, 2.45) is 5.73 Å². The topological polar surface area (TPSA) is 87.5 Å². The van der Waals surface area contributed by atoms with Crippen molar-refractivity contribution in [2.45, 2.75) is 22.3 Å². The molecule has 0 bridgehead atoms. The number of carbonyl (C=O) groups excluding carboxylic acids is 2. The Morgan fingerprint density at radius 2 is 1.85 bits per heavy atom. The smallest absolute Gasteiger partial charge is 0.312 e. The first-order chi connectivity index (χ1) is 12.6. The minimum Gasteiger partial charge on any atom is -0.352 e. The summed E-state index contributed by atoms with van der Waals surface area (Å²) in [7, 11) is 0. The number of carbonyl (C=O) groups is 2. The zero-order valence-electron chi connectivity index (χ0n) is 14.4. The predicted molar refractivity (Wildman–Crippen MR) is 103 cm³/mol. The molecule has 0 aromatic heterocycles. The largest absolute Gasteiger partial charge is 0.352 e. The summed E-state index contributed by atoms with van der Waals surface area (Å²) < 4.78 is 0. The lowest BCUT2D eigenvalue weighted by molar-refractivity contribution is -0.117. The van der Waals surface area contributed by atoms with Gasteiger partial charge in [-0.1, -0.05) is 42.1 Å². The molecular weight excluding hydrogens is 348 g/mol. The van der Waals surface area contributed by atoms with Crippen LogP contribution >= 0.6 is 11.8 Å². The number of likely N-dealkylation sites (tertiary alicyclic amines) is 1. The van der Waals surface area contributed by atoms with Crippen molar-refractivity contribution >= 4 is 29.4 Å². The van der Waals surface area contributed by atoms with E-state index in [1.54, 1.807) is 11.8 Å². The fraction of sp³-hybridized carbons (Fsp3) is 0.263. The molecule has 1 aliphatic heterocycles. The summed E-state index contributed by atoms with van der Waals surface area (Å²) in [6, 6.07) is 17.3. The molecule has 7 heteroatoms. The molecule has 1 fully saturated rings. The molecule has 0 saturated carbocycles. The molecule has 0 unspecified atom stereocenters. The first-order valence-corrected chi connectivity index (χ1v) is 9.32. The minimum atomic E-state index is -0.520. The lowest BCUT2D eigenvalue weighted by Crippen LogP contribution is -2.41. The van der Waals surface area contributed by atoms with Crippen LogP contribution in [0.5, 0.6) is 0 Å². The second-order valence-electron chi connectivity index (χ2n) is 6.19. The van der Waals surface area contributed by atoms with Crippen molar-refractivity contribution in [3.8, 4) is 0 Å². The number of hydrogen-bond donors (Lipinski definition) is 3. The fourth-order valence-electron chi connectivity index (χ4n) is 2.96. The molecule has 4 N–H and O–H groups in total. The Kier molecular flexibility index (Phi) is 6.14. The van der Waals surface area contributed by atoms with Crippen LogP contribution < -0.4 is 16.4 Å². The predicted octanol–water partition coefficient (Wildman–Crippen LogP) is 2.52. The van der Waals surface area contributed by atoms with E-state index in [4.69, 9.17) is 5.73 Å². The standard InChI is InChI=1S/C19H22N4O2S/c20-19(25)21-14-10-11-23(12-14)13-18(24)22-16-8-4-5-9-17(16)26-15-6-2-1-3-7-15/h1-9,14H,10-13H2,(H,22,24)(H3,20,21,25)/t14-/m1/s1. The highest BCUT2D eigenvalue weighted by Crippen LogP contribution is 2.33. The van der Waals surface area contributed by atoms with Gasteiger partial charge in [-0.25, -0.2) is 4.79 Å². The molecule has 2 aromatic carbocycles. The van der Waals surface area contributed by atoms with Crippen molar-refractivity contribution in [3.63, 3.8) is 0 Å². The fourth-order valence-corrected chi connectivity index (χ4v) is 3.89. The van der Waals surface area contributed by atoms with Crippen LogP contribution in [0.3, 0.4) is 0 Å². The maximum Gasteiger partial charge on any atom is 0.312 e. The highest BCUT2D eigenvalue weighted by atomic mass is 32.2. The molecule has 136 valence electrons. The summed E-state index contributed by atoms with van der Waals surface area (Å²) in [6.07, 6.45) is 0.802. The summed E-state index contributed by atoms with van der Waals surface area (Å²) in [4.78, 5) is 27.5. The molecule has 3 amide bonds. The molecule has 3 rings (SSSR count). The van der Waals surface area contributed by atoms with E-state index in [-0.39, 0.29) is 11.9 Å². The van der Waals surface area contributed by atoms with Gasteiger partial charge >= 0.3 is 6.03 Å². The van der Waals surface area contributed by atoms with Crippen LogP contribution in [0, 0.1) is 0 Å². The van der Waals surface area contributed by atoms with Gasteiger partial charge in [-0.15, -0.1) is 0 Å². The molecular formula is C19H22N4O2S. The van der Waals surface area contributed by atoms with Gasteiger partial charge in [-0.3, -0.25) is 9.69 Å². The number of rotatable bonds is 6. The van der Waals surface area contributed by atoms with E-state index in [9.17, 15) is 9.59 Å². The van der Waals surface area contributed by atoms with Crippen LogP contribution in [0.15, 0.2) is 64.4 Å². The first kappa shape index (κ1) is 18.3. The molecule has 0 spiro atoms. The maximum atomic E-state index is 12.4. The van der Waals surface area contributed by atoms with Gasteiger partial charge in [0.15, 0.2) is 0 Å². The molecule has 1 aliphatic rings. The molecule has 1 heterocycles. The van der Waals surface area contributed by atoms with Gasteiger partial charge < -0.3 is 16.4 Å². The highest BCUT2D eigenvalue weighted by Gasteiger charge is 2.24. The summed E-state index contributed by atoms with van der Waals surface area (Å²) in [5, 5.41) is 5.69. The second kappa shape index (κ2) is 8.73. The first-order valence-electron chi connectivity index (χ1n) is 8.50. The van der Waals surface area contributed by atoms with Gasteiger partial charge in [0.05, 0.1) is 12.2 Å². The number of urea groups is 1. The SMILES string of the molecule is NC(=O)N[C@@H]1CCN(CC(=O)Nc2ccccc2Sc2ccccc2)C1. The van der Waals surface area contributed by atoms with Gasteiger partial charge in [0, 0.05) is 28.9 Å². The Hall–Kier alpha value is -2.51. The number of amides is 3. The minimum absolute atomic E-state index is 0.0150. The zero-order valence-corrected chi connectivity index (χ0v) is 15.2. The number of nitrogens with two attached hydrogens (primary N) is 1. The molecule has 1 saturated heterocycles. The van der Waals surface area contributed by atoms with Crippen LogP contribution in [0.4, 0.5) is 10.5 Å². The van der Waals surface area contributed by atoms with Crippen LogP contribution in [-0.4, -0.2) is 42.5 Å². The van der Waals surface area contributed by atoms with Gasteiger partial charge in [-0.05, 0) is 30.7 Å². The van der Waals surface area contributed by atoms with Crippen LogP contribution in [0.1, 0.15) is 6.42 Å². The van der Waals surface area contributed by atoms with Crippen LogP contribution in [0.2, 0.25) is 0 Å². The number of para-hydroxylation sites is 1. The summed E-state index contributed by atoms with van der Waals surface area (Å²) in [5.74, 6) is -0.0640. The molecule has 2 aromatic rings. The van der Waals surface area contributed by atoms with E-state index < -0.39 is 6.03 Å². The quantitative estimate of drug-likeness (QED) is 0.729. The number of hydrogen-bond acceptors (Lipinski definition) is 4. The molecule has 0 aliphatic carbocycles. The number of anilines is 1. The van der Waals surface area contributed by atoms with E-state index in [2.05, 4.69) is 10.6 Å². The Bertz CT molecular complexity index is 769. The summed E-state index contributed by atoms with van der Waals surface area (Å²) in [5.41, 5.74) is 5.95. The third-order valence-electron chi connectivity index (χ3n) is 4.12. The average Bonchev–Trinajstić information content (AvgIpc) is 3.03. The van der Waals surface area contributed by atoms with Crippen molar-refractivity contribution in [2.75, 3.05) is 25.0 Å². The lowest BCUT2D eigenvalue weighted by Gasteiger charge is -2.17. The van der Waals surface area contributed by atoms with Gasteiger partial charge in [0.25, 0.3) is 0 Å². The normalized spacial score (nSPS) is 17.0. The van der Waals surface area contributed by atoms with E-state index in [1.165, 1.54) is 0 Å². The third-order valence-corrected chi connectivity index (χ3v) is 5.20. The monoisotopic (exact) mass is 370 g/mol. The van der Waals surface area contributed by atoms with E-state index in [1.807, 2.05) is 59.5 Å². The highest BCUT2D eigenvalue weighted by molar-refractivity contribution is 7.99. The Morgan fingerprint density at radius 3 is 2.62 bits per heavy atom. The van der Waals surface area contributed by atoms with Gasteiger partial charge in [0.1, 0.15) is 0 Å². The number of benzene rings is 2. The third kappa shape index (κ3) is 5.24.